The maximum Gasteiger partial charge on any atom is 0.201 e. The standard InChI is InChI=1S/C13H7Br3F2O/c14-6-7-3-8(15)1-2-11(7)19-12-5-9(16)4-10(17)13(12)18/h1-5H,6H2. The molecule has 0 saturated carbocycles. The van der Waals surface area contributed by atoms with Crippen molar-refractivity contribution in [2.75, 3.05) is 0 Å². The van der Waals surface area contributed by atoms with E-state index in [1.807, 2.05) is 6.07 Å². The first-order valence-corrected chi connectivity index (χ1v) is 7.89. The van der Waals surface area contributed by atoms with Gasteiger partial charge in [-0.05, 0) is 30.3 Å². The van der Waals surface area contributed by atoms with Crippen LogP contribution in [-0.4, -0.2) is 0 Å². The minimum absolute atomic E-state index is 0.156. The molecule has 0 aliphatic carbocycles. The van der Waals surface area contributed by atoms with Crippen LogP contribution in [0.25, 0.3) is 0 Å². The number of alkyl halides is 1. The molecule has 0 aliphatic heterocycles. The fraction of sp³-hybridized carbons (Fsp3) is 0.0769. The largest absolute Gasteiger partial charge is 0.454 e. The summed E-state index contributed by atoms with van der Waals surface area (Å²) in [5.74, 6) is -1.65. The highest BCUT2D eigenvalue weighted by Gasteiger charge is 2.14. The van der Waals surface area contributed by atoms with Crippen LogP contribution in [0.3, 0.4) is 0 Å². The van der Waals surface area contributed by atoms with E-state index in [9.17, 15) is 8.78 Å². The Bertz CT molecular complexity index is 617. The molecule has 0 radical (unpaired) electrons. The van der Waals surface area contributed by atoms with E-state index in [0.717, 1.165) is 16.1 Å². The van der Waals surface area contributed by atoms with E-state index in [-0.39, 0.29) is 5.75 Å². The summed E-state index contributed by atoms with van der Waals surface area (Å²) in [6, 6.07) is 7.75. The summed E-state index contributed by atoms with van der Waals surface area (Å²) >= 11 is 9.77. The molecule has 0 heterocycles. The second kappa shape index (κ2) is 6.33. The van der Waals surface area contributed by atoms with E-state index < -0.39 is 11.6 Å². The van der Waals surface area contributed by atoms with Gasteiger partial charge in [0.15, 0.2) is 11.6 Å². The quantitative estimate of drug-likeness (QED) is 0.396. The SMILES string of the molecule is Fc1cc(Br)cc(Oc2ccc(Br)cc2CBr)c1F. The van der Waals surface area contributed by atoms with Crippen molar-refractivity contribution in [2.45, 2.75) is 5.33 Å². The van der Waals surface area contributed by atoms with E-state index in [1.165, 1.54) is 6.07 Å². The van der Waals surface area contributed by atoms with Gasteiger partial charge in [0.05, 0.1) is 0 Å². The lowest BCUT2D eigenvalue weighted by atomic mass is 10.2. The van der Waals surface area contributed by atoms with Crippen LogP contribution in [0.5, 0.6) is 11.5 Å². The molecule has 0 fully saturated rings. The van der Waals surface area contributed by atoms with Gasteiger partial charge in [0.1, 0.15) is 5.75 Å². The Hall–Kier alpha value is -0.460. The molecular weight excluding hydrogens is 450 g/mol. The Morgan fingerprint density at radius 2 is 1.68 bits per heavy atom. The Balaban J connectivity index is 2.41. The number of hydrogen-bond acceptors (Lipinski definition) is 1. The molecule has 6 heteroatoms. The van der Waals surface area contributed by atoms with Gasteiger partial charge in [0, 0.05) is 19.8 Å². The summed E-state index contributed by atoms with van der Waals surface area (Å²) in [5, 5.41) is 0.542. The second-order valence-electron chi connectivity index (χ2n) is 3.69. The number of rotatable bonds is 3. The first kappa shape index (κ1) is 14.9. The summed E-state index contributed by atoms with van der Waals surface area (Å²) in [6.07, 6.45) is 0. The minimum atomic E-state index is -1.01. The number of hydrogen-bond donors (Lipinski definition) is 0. The molecule has 0 aromatic heterocycles. The maximum atomic E-state index is 13.6. The predicted octanol–water partition coefficient (Wildman–Crippen LogP) is 6.18. The summed E-state index contributed by atoms with van der Waals surface area (Å²) in [5.41, 5.74) is 0.828. The van der Waals surface area contributed by atoms with Crippen LogP contribution < -0.4 is 4.74 Å². The van der Waals surface area contributed by atoms with Crippen LogP contribution in [0, 0.1) is 11.6 Å². The zero-order valence-corrected chi connectivity index (χ0v) is 14.1. The highest BCUT2D eigenvalue weighted by Crippen LogP contribution is 2.33. The van der Waals surface area contributed by atoms with Crippen LogP contribution in [0.2, 0.25) is 0 Å². The van der Waals surface area contributed by atoms with Gasteiger partial charge in [-0.25, -0.2) is 4.39 Å². The monoisotopic (exact) mass is 454 g/mol. The Morgan fingerprint density at radius 1 is 0.947 bits per heavy atom. The van der Waals surface area contributed by atoms with E-state index in [1.54, 1.807) is 12.1 Å². The number of ether oxygens (including phenoxy) is 1. The number of halogens is 5. The molecule has 100 valence electrons. The lowest BCUT2D eigenvalue weighted by Gasteiger charge is -2.11. The van der Waals surface area contributed by atoms with Crippen molar-refractivity contribution in [1.82, 2.24) is 0 Å². The molecule has 0 spiro atoms. The van der Waals surface area contributed by atoms with Gasteiger partial charge >= 0.3 is 0 Å². The first-order valence-electron chi connectivity index (χ1n) is 5.18. The number of benzene rings is 2. The van der Waals surface area contributed by atoms with Crippen LogP contribution >= 0.6 is 47.8 Å². The molecule has 0 aliphatic rings. The highest BCUT2D eigenvalue weighted by atomic mass is 79.9. The fourth-order valence-corrected chi connectivity index (χ4v) is 2.73. The van der Waals surface area contributed by atoms with E-state index in [2.05, 4.69) is 47.8 Å². The Kier molecular flexibility index (Phi) is 4.97. The van der Waals surface area contributed by atoms with Crippen LogP contribution in [-0.2, 0) is 5.33 Å². The summed E-state index contributed by atoms with van der Waals surface area (Å²) in [4.78, 5) is 0. The molecule has 0 N–H and O–H groups in total. The zero-order valence-electron chi connectivity index (χ0n) is 9.39. The molecule has 2 aromatic rings. The lowest BCUT2D eigenvalue weighted by molar-refractivity contribution is 0.413. The molecule has 0 amide bonds. The molecular formula is C13H7Br3F2O. The molecule has 19 heavy (non-hydrogen) atoms. The van der Waals surface area contributed by atoms with Crippen LogP contribution in [0.4, 0.5) is 8.78 Å². The zero-order chi connectivity index (χ0) is 14.0. The third kappa shape index (κ3) is 3.55. The van der Waals surface area contributed by atoms with Gasteiger partial charge in [-0.2, -0.15) is 4.39 Å². The minimum Gasteiger partial charge on any atom is -0.454 e. The van der Waals surface area contributed by atoms with Gasteiger partial charge in [0.2, 0.25) is 5.82 Å². The summed E-state index contributed by atoms with van der Waals surface area (Å²) < 4.78 is 33.7. The van der Waals surface area contributed by atoms with E-state index in [4.69, 9.17) is 4.74 Å². The molecule has 2 rings (SSSR count). The predicted molar refractivity (Wildman–Crippen MR) is 80.9 cm³/mol. The second-order valence-corrected chi connectivity index (χ2v) is 6.08. The third-order valence-electron chi connectivity index (χ3n) is 2.35. The van der Waals surface area contributed by atoms with Crippen molar-refractivity contribution in [3.05, 3.63) is 56.5 Å². The van der Waals surface area contributed by atoms with Gasteiger partial charge in [-0.3, -0.25) is 0 Å². The molecule has 0 unspecified atom stereocenters. The lowest BCUT2D eigenvalue weighted by Crippen LogP contribution is -1.95. The average Bonchev–Trinajstić information content (AvgIpc) is 2.37. The summed E-state index contributed by atoms with van der Waals surface area (Å²) in [6.45, 7) is 0. The normalized spacial score (nSPS) is 10.6. The molecule has 0 bridgehead atoms. The van der Waals surface area contributed by atoms with Crippen LogP contribution in [0.1, 0.15) is 5.56 Å². The average molecular weight is 457 g/mol. The van der Waals surface area contributed by atoms with E-state index in [0.29, 0.717) is 15.6 Å². The Labute approximate surface area is 134 Å². The molecule has 2 aromatic carbocycles. The molecule has 0 atom stereocenters. The third-order valence-corrected chi connectivity index (χ3v) is 3.90. The van der Waals surface area contributed by atoms with Gasteiger partial charge in [-0.15, -0.1) is 0 Å². The van der Waals surface area contributed by atoms with Gasteiger partial charge in [0.25, 0.3) is 0 Å². The first-order chi connectivity index (χ1) is 9.01. The smallest absolute Gasteiger partial charge is 0.201 e. The summed E-state index contributed by atoms with van der Waals surface area (Å²) in [7, 11) is 0. The van der Waals surface area contributed by atoms with E-state index >= 15 is 0 Å². The molecule has 0 saturated heterocycles. The van der Waals surface area contributed by atoms with Crippen molar-refractivity contribution >= 4 is 47.8 Å². The molecule has 1 nitrogen and oxygen atoms in total. The van der Waals surface area contributed by atoms with Crippen molar-refractivity contribution in [3.8, 4) is 11.5 Å². The van der Waals surface area contributed by atoms with Crippen molar-refractivity contribution in [3.63, 3.8) is 0 Å². The van der Waals surface area contributed by atoms with Crippen LogP contribution in [0.15, 0.2) is 39.3 Å². The Morgan fingerprint density at radius 3 is 2.37 bits per heavy atom. The fourth-order valence-electron chi connectivity index (χ4n) is 1.48. The van der Waals surface area contributed by atoms with Gasteiger partial charge < -0.3 is 4.74 Å². The van der Waals surface area contributed by atoms with Gasteiger partial charge in [-0.1, -0.05) is 47.8 Å². The van der Waals surface area contributed by atoms with Crippen molar-refractivity contribution < 1.29 is 13.5 Å². The topological polar surface area (TPSA) is 9.23 Å². The van der Waals surface area contributed by atoms with Crippen molar-refractivity contribution in [1.29, 1.82) is 0 Å². The maximum absolute atomic E-state index is 13.6. The highest BCUT2D eigenvalue weighted by molar-refractivity contribution is 9.10. The van der Waals surface area contributed by atoms with Crippen molar-refractivity contribution in [2.24, 2.45) is 0 Å².